The molecule has 0 fully saturated rings. The van der Waals surface area contributed by atoms with Crippen LogP contribution in [0.2, 0.25) is 0 Å². The summed E-state index contributed by atoms with van der Waals surface area (Å²) in [7, 11) is 0. The molecule has 1 atom stereocenters. The van der Waals surface area contributed by atoms with Crippen molar-refractivity contribution >= 4 is 28.4 Å². The van der Waals surface area contributed by atoms with Crippen LogP contribution in [0.4, 0.5) is 4.39 Å². The van der Waals surface area contributed by atoms with Crippen LogP contribution in [0, 0.1) is 12.7 Å². The fourth-order valence-corrected chi connectivity index (χ4v) is 2.27. The van der Waals surface area contributed by atoms with E-state index in [1.807, 2.05) is 0 Å². The molecule has 9 heavy (non-hydrogen) atoms. The highest BCUT2D eigenvalue weighted by Gasteiger charge is 2.01. The molecule has 0 aliphatic heterocycles. The van der Waals surface area contributed by atoms with Crippen molar-refractivity contribution in [2.75, 3.05) is 0 Å². The van der Waals surface area contributed by atoms with E-state index in [1.54, 1.807) is 11.4 Å². The third-order valence-corrected chi connectivity index (χ3v) is 3.01. The summed E-state index contributed by atoms with van der Waals surface area (Å²) in [5.41, 5.74) is 0.614. The monoisotopic (exact) mass is 258 g/mol. The Hall–Kier alpha value is 0.300. The van der Waals surface area contributed by atoms with Crippen molar-refractivity contribution in [3.05, 3.63) is 17.7 Å². The molecule has 1 aromatic heterocycles. The zero-order chi connectivity index (χ0) is 6.85. The number of nitrogens with zero attached hydrogens (tertiary/aromatic N) is 2. The highest BCUT2D eigenvalue weighted by Crippen LogP contribution is 2.24. The third-order valence-electron chi connectivity index (χ3n) is 1.03. The summed E-state index contributed by atoms with van der Waals surface area (Å²) in [6.07, 6.45) is 1.72. The second-order valence-corrected chi connectivity index (χ2v) is 3.61. The molecule has 2 nitrogen and oxygen atoms in total. The molecule has 0 radical (unpaired) electrons. The Morgan fingerprint density at radius 1 is 1.89 bits per heavy atom. The summed E-state index contributed by atoms with van der Waals surface area (Å²) < 4.78 is 14.1. The van der Waals surface area contributed by atoms with Crippen LogP contribution in [0.5, 0.6) is 0 Å². The van der Waals surface area contributed by atoms with Crippen molar-refractivity contribution in [1.29, 1.82) is 0 Å². The number of hydrogen-bond acceptors (Lipinski definition) is 1. The lowest BCUT2D eigenvalue weighted by Crippen LogP contribution is -1.85. The van der Waals surface area contributed by atoms with Gasteiger partial charge in [-0.1, -0.05) is 0 Å². The smallest absolute Gasteiger partial charge is 0.164 e. The maximum atomic E-state index is 12.4. The zero-order valence-corrected chi connectivity index (χ0v) is 7.89. The van der Waals surface area contributed by atoms with Crippen molar-refractivity contribution in [2.24, 2.45) is 0 Å². The van der Waals surface area contributed by atoms with Crippen molar-refractivity contribution < 1.29 is 4.39 Å². The molecule has 1 aromatic rings. The summed E-state index contributed by atoms with van der Waals surface area (Å²) >= 11 is 2.15. The van der Waals surface area contributed by atoms with Gasteiger partial charge in [0.05, 0.1) is 18.3 Å². The second kappa shape index (κ2) is 2.92. The minimum absolute atomic E-state index is 0.223. The van der Waals surface area contributed by atoms with Gasteiger partial charge in [0.25, 0.3) is 0 Å². The summed E-state index contributed by atoms with van der Waals surface area (Å²) in [5.74, 6) is -0.223. The van der Waals surface area contributed by atoms with Gasteiger partial charge in [0, 0.05) is 0 Å². The molecule has 0 saturated heterocycles. The van der Waals surface area contributed by atoms with Crippen LogP contribution >= 0.6 is 28.4 Å². The Bertz CT molecular complexity index is 212. The average Bonchev–Trinajstić information content (AvgIpc) is 2.15. The average molecular weight is 258 g/mol. The van der Waals surface area contributed by atoms with Crippen LogP contribution in [-0.2, 0) is 0 Å². The van der Waals surface area contributed by atoms with E-state index in [0.29, 0.717) is 12.1 Å². The Morgan fingerprint density at radius 3 is 2.78 bits per heavy atom. The van der Waals surface area contributed by atoms with Gasteiger partial charge < -0.3 is 0 Å². The van der Waals surface area contributed by atoms with E-state index < -0.39 is 0 Å². The molecule has 0 N–H and O–H groups in total. The molecule has 1 rings (SSSR count). The van der Waals surface area contributed by atoms with Gasteiger partial charge >= 0.3 is 0 Å². The molecule has 5 heteroatoms. The molecule has 0 saturated carbocycles. The normalized spacial score (nSPS) is 11.4. The van der Waals surface area contributed by atoms with E-state index in [0.717, 1.165) is 0 Å². The third kappa shape index (κ3) is 1.41. The molecule has 0 aromatic carbocycles. The van der Waals surface area contributed by atoms with Crippen molar-refractivity contribution in [2.45, 2.75) is 6.92 Å². The Balaban J connectivity index is 3.04. The topological polar surface area (TPSA) is 17.8 Å². The molecule has 0 spiro atoms. The summed E-state index contributed by atoms with van der Waals surface area (Å²) in [6.45, 7) is 1.72. The van der Waals surface area contributed by atoms with Gasteiger partial charge in [-0.2, -0.15) is 5.10 Å². The highest BCUT2D eigenvalue weighted by atomic mass is 127. The predicted octanol–water partition coefficient (Wildman–Crippen LogP) is 2.12. The molecule has 50 valence electrons. The molecule has 1 unspecified atom stereocenters. The maximum absolute atomic E-state index is 12.4. The number of rotatable bonds is 1. The number of hydrogen-bond donors (Lipinski definition) is 0. The highest BCUT2D eigenvalue weighted by molar-refractivity contribution is 14.2. The predicted molar refractivity (Wildman–Crippen MR) is 44.7 cm³/mol. The van der Waals surface area contributed by atoms with Crippen molar-refractivity contribution in [1.82, 2.24) is 9.55 Å². The van der Waals surface area contributed by atoms with Crippen LogP contribution in [0.1, 0.15) is 5.69 Å². The molecule has 0 aliphatic rings. The molecular weight excluding hydrogens is 253 g/mol. The zero-order valence-electron chi connectivity index (χ0n) is 4.73. The van der Waals surface area contributed by atoms with Gasteiger partial charge in [-0.3, -0.25) is 0 Å². The summed E-state index contributed by atoms with van der Waals surface area (Å²) in [5, 5.41) is 3.78. The van der Waals surface area contributed by atoms with Crippen LogP contribution < -0.4 is 0 Å². The van der Waals surface area contributed by atoms with E-state index in [1.165, 1.54) is 6.20 Å². The first-order chi connectivity index (χ1) is 4.25. The minimum atomic E-state index is -0.223. The van der Waals surface area contributed by atoms with Crippen molar-refractivity contribution in [3.8, 4) is 0 Å². The fourth-order valence-electron chi connectivity index (χ4n) is 0.475. The Morgan fingerprint density at radius 2 is 2.56 bits per heavy atom. The van der Waals surface area contributed by atoms with Crippen LogP contribution in [-0.4, -0.2) is 9.55 Å². The summed E-state index contributed by atoms with van der Waals surface area (Å²) in [6, 6.07) is 0. The first-order valence-corrected chi connectivity index (χ1v) is 6.38. The summed E-state index contributed by atoms with van der Waals surface area (Å²) in [4.78, 5) is 0. The molecular formula is C4H5FIN2P. The largest absolute Gasteiger partial charge is 0.239 e. The van der Waals surface area contributed by atoms with Crippen LogP contribution in [0.15, 0.2) is 6.20 Å². The Labute approximate surface area is 67.1 Å². The first kappa shape index (κ1) is 7.41. The van der Waals surface area contributed by atoms with Crippen LogP contribution in [0.3, 0.4) is 0 Å². The standard InChI is InChI=1S/C4H5FIN2P/c1-3-4(5)2-7-8(3)9-6/h2,9H,1H3. The molecule has 0 amide bonds. The quantitative estimate of drug-likeness (QED) is 0.557. The maximum Gasteiger partial charge on any atom is 0.164 e. The van der Waals surface area contributed by atoms with E-state index in [4.69, 9.17) is 0 Å². The lowest BCUT2D eigenvalue weighted by molar-refractivity contribution is 0.618. The van der Waals surface area contributed by atoms with E-state index in [-0.39, 0.29) is 5.82 Å². The first-order valence-electron chi connectivity index (χ1n) is 2.32. The number of aromatic nitrogens is 2. The SMILES string of the molecule is Cc1c(F)cnn1PI. The molecule has 0 aliphatic carbocycles. The van der Waals surface area contributed by atoms with Gasteiger partial charge in [-0.15, -0.1) is 0 Å². The van der Waals surface area contributed by atoms with Gasteiger partial charge in [0.15, 0.2) is 5.82 Å². The van der Waals surface area contributed by atoms with Crippen LogP contribution in [0.25, 0.3) is 0 Å². The van der Waals surface area contributed by atoms with E-state index >= 15 is 0 Å². The lowest BCUT2D eigenvalue weighted by Gasteiger charge is -1.93. The molecule has 1 heterocycles. The van der Waals surface area contributed by atoms with Gasteiger partial charge in [0.1, 0.15) is 0 Å². The minimum Gasteiger partial charge on any atom is -0.239 e. The van der Waals surface area contributed by atoms with Gasteiger partial charge in [0.2, 0.25) is 0 Å². The fraction of sp³-hybridized carbons (Fsp3) is 0.250. The molecule has 0 bridgehead atoms. The van der Waals surface area contributed by atoms with E-state index in [2.05, 4.69) is 27.1 Å². The van der Waals surface area contributed by atoms with Gasteiger partial charge in [-0.25, -0.2) is 8.84 Å². The number of halogens is 2. The Kier molecular flexibility index (Phi) is 2.41. The van der Waals surface area contributed by atoms with E-state index in [9.17, 15) is 4.39 Å². The second-order valence-electron chi connectivity index (χ2n) is 1.57. The van der Waals surface area contributed by atoms with Gasteiger partial charge in [-0.05, 0) is 29.0 Å². The lowest BCUT2D eigenvalue weighted by atomic mass is 10.5. The van der Waals surface area contributed by atoms with Crippen molar-refractivity contribution in [3.63, 3.8) is 0 Å².